The minimum absolute atomic E-state index is 0.0789. The number of carbonyl (C=O) groups excluding carboxylic acids is 1. The van der Waals surface area contributed by atoms with E-state index < -0.39 is 0 Å². The summed E-state index contributed by atoms with van der Waals surface area (Å²) >= 11 is 4.46. The molecule has 0 spiro atoms. The number of rotatable bonds is 5. The third-order valence-corrected chi connectivity index (χ3v) is 5.10. The number of benzene rings is 2. The second-order valence-corrected chi connectivity index (χ2v) is 7.34. The van der Waals surface area contributed by atoms with E-state index in [2.05, 4.69) is 15.9 Å². The lowest BCUT2D eigenvalue weighted by molar-refractivity contribution is -0.113. The molecule has 1 saturated heterocycles. The third-order valence-electron chi connectivity index (χ3n) is 3.69. The lowest BCUT2D eigenvalue weighted by Crippen LogP contribution is -2.27. The van der Waals surface area contributed by atoms with Gasteiger partial charge >= 0.3 is 0 Å². The summed E-state index contributed by atoms with van der Waals surface area (Å²) in [5, 5.41) is 16.9. The van der Waals surface area contributed by atoms with Gasteiger partial charge in [-0.05, 0) is 59.8 Å². The molecule has 136 valence electrons. The first kappa shape index (κ1) is 19.0. The van der Waals surface area contributed by atoms with E-state index in [-0.39, 0.29) is 17.7 Å². The summed E-state index contributed by atoms with van der Waals surface area (Å²) in [5.74, 6) is 0.668. The number of hydrogen-bond donors (Lipinski definition) is 1. The van der Waals surface area contributed by atoms with Gasteiger partial charge in [-0.1, -0.05) is 22.0 Å². The highest BCUT2D eigenvalue weighted by molar-refractivity contribution is 9.10. The first-order valence-electron chi connectivity index (χ1n) is 7.79. The van der Waals surface area contributed by atoms with Gasteiger partial charge in [-0.25, -0.2) is 0 Å². The van der Waals surface area contributed by atoms with Crippen LogP contribution < -0.4 is 14.4 Å². The fourth-order valence-corrected chi connectivity index (χ4v) is 3.59. The number of nitrogens with zero attached hydrogens (tertiary/aromatic N) is 2. The van der Waals surface area contributed by atoms with Crippen molar-refractivity contribution >= 4 is 50.5 Å². The van der Waals surface area contributed by atoms with E-state index >= 15 is 0 Å². The molecule has 1 N–H and O–H groups in total. The zero-order valence-corrected chi connectivity index (χ0v) is 16.6. The van der Waals surface area contributed by atoms with Crippen LogP contribution in [0, 0.1) is 16.7 Å². The molecule has 0 aliphatic carbocycles. The number of nitrogens with one attached hydrogen (secondary N) is 1. The van der Waals surface area contributed by atoms with E-state index in [0.29, 0.717) is 22.1 Å². The molecule has 3 rings (SSSR count). The third kappa shape index (κ3) is 4.15. The van der Waals surface area contributed by atoms with Gasteiger partial charge in [-0.15, -0.1) is 0 Å². The number of carbonyl (C=O) groups is 1. The number of hydrogen-bond acceptors (Lipinski definition) is 6. The normalized spacial score (nSPS) is 15.1. The number of ether oxygens (including phenoxy) is 2. The van der Waals surface area contributed by atoms with E-state index in [1.54, 1.807) is 36.4 Å². The molecular formula is C19H14BrN3O3S. The van der Waals surface area contributed by atoms with Gasteiger partial charge in [0.15, 0.2) is 23.3 Å². The van der Waals surface area contributed by atoms with Crippen LogP contribution in [0.25, 0.3) is 6.08 Å². The van der Waals surface area contributed by atoms with Gasteiger partial charge in [0, 0.05) is 4.47 Å². The van der Waals surface area contributed by atoms with Crippen LogP contribution in [0.5, 0.6) is 11.5 Å². The summed E-state index contributed by atoms with van der Waals surface area (Å²) in [7, 11) is 1.51. The van der Waals surface area contributed by atoms with Crippen molar-refractivity contribution in [3.63, 3.8) is 0 Å². The van der Waals surface area contributed by atoms with Gasteiger partial charge in [0.25, 0.3) is 5.91 Å². The largest absolute Gasteiger partial charge is 0.493 e. The summed E-state index contributed by atoms with van der Waals surface area (Å²) in [6.07, 6.45) is 1.71. The SMILES string of the molecule is COc1cc(/C=C2/SC(=N)N(c3ccc(Br)cc3)C2=O)ccc1OCC#N. The van der Waals surface area contributed by atoms with Gasteiger partial charge in [-0.2, -0.15) is 5.26 Å². The van der Waals surface area contributed by atoms with Crippen molar-refractivity contribution in [2.24, 2.45) is 0 Å². The van der Waals surface area contributed by atoms with Crippen LogP contribution in [0.15, 0.2) is 51.8 Å². The first-order valence-corrected chi connectivity index (χ1v) is 9.40. The maximum absolute atomic E-state index is 12.8. The van der Waals surface area contributed by atoms with Crippen molar-refractivity contribution in [3.05, 3.63) is 57.4 Å². The van der Waals surface area contributed by atoms with E-state index in [1.165, 1.54) is 12.0 Å². The molecular weight excluding hydrogens is 430 g/mol. The Morgan fingerprint density at radius 2 is 2.00 bits per heavy atom. The number of methoxy groups -OCH3 is 1. The van der Waals surface area contributed by atoms with Crippen LogP contribution in [0.1, 0.15) is 5.56 Å². The molecule has 0 aromatic heterocycles. The first-order chi connectivity index (χ1) is 13.0. The van der Waals surface area contributed by atoms with Crippen molar-refractivity contribution in [1.82, 2.24) is 0 Å². The quantitative estimate of drug-likeness (QED) is 0.691. The smallest absolute Gasteiger partial charge is 0.271 e. The van der Waals surface area contributed by atoms with Crippen molar-refractivity contribution < 1.29 is 14.3 Å². The van der Waals surface area contributed by atoms with E-state index in [1.807, 2.05) is 18.2 Å². The van der Waals surface area contributed by atoms with Crippen LogP contribution in [0.4, 0.5) is 5.69 Å². The fourth-order valence-electron chi connectivity index (χ4n) is 2.47. The van der Waals surface area contributed by atoms with Crippen LogP contribution in [0.3, 0.4) is 0 Å². The van der Waals surface area contributed by atoms with E-state index in [4.69, 9.17) is 20.1 Å². The van der Waals surface area contributed by atoms with Crippen molar-refractivity contribution in [3.8, 4) is 17.6 Å². The zero-order valence-electron chi connectivity index (χ0n) is 14.2. The molecule has 0 bridgehead atoms. The standard InChI is InChI=1S/C19H14BrN3O3S/c1-25-16-10-12(2-7-15(16)26-9-8-21)11-17-18(24)23(19(22)27-17)14-5-3-13(20)4-6-14/h2-7,10-11,22H,9H2,1H3/b17-11+,22-19?. The Morgan fingerprint density at radius 3 is 2.67 bits per heavy atom. The molecule has 0 saturated carbocycles. The van der Waals surface area contributed by atoms with Gasteiger partial charge in [0.05, 0.1) is 17.7 Å². The number of nitriles is 1. The minimum atomic E-state index is -0.254. The van der Waals surface area contributed by atoms with Crippen molar-refractivity contribution in [1.29, 1.82) is 10.7 Å². The molecule has 1 aliphatic heterocycles. The number of amidine groups is 1. The zero-order chi connectivity index (χ0) is 19.4. The molecule has 2 aromatic rings. The Balaban J connectivity index is 1.87. The predicted octanol–water partition coefficient (Wildman–Crippen LogP) is 4.42. The monoisotopic (exact) mass is 443 g/mol. The molecule has 27 heavy (non-hydrogen) atoms. The summed E-state index contributed by atoms with van der Waals surface area (Å²) in [6, 6.07) is 14.3. The molecule has 0 unspecified atom stereocenters. The molecule has 1 amide bonds. The van der Waals surface area contributed by atoms with Gasteiger partial charge in [0.1, 0.15) is 6.07 Å². The highest BCUT2D eigenvalue weighted by Gasteiger charge is 2.33. The maximum Gasteiger partial charge on any atom is 0.271 e. The molecule has 1 fully saturated rings. The minimum Gasteiger partial charge on any atom is -0.493 e. The molecule has 2 aromatic carbocycles. The Morgan fingerprint density at radius 1 is 1.26 bits per heavy atom. The Labute approximate surface area is 169 Å². The highest BCUT2D eigenvalue weighted by Crippen LogP contribution is 2.36. The Hall–Kier alpha value is -2.76. The summed E-state index contributed by atoms with van der Waals surface area (Å²) in [5.41, 5.74) is 1.37. The average molecular weight is 444 g/mol. The van der Waals surface area contributed by atoms with Gasteiger partial charge < -0.3 is 9.47 Å². The average Bonchev–Trinajstić information content (AvgIpc) is 2.94. The second-order valence-electron chi connectivity index (χ2n) is 5.39. The molecule has 1 heterocycles. The van der Waals surface area contributed by atoms with Crippen LogP contribution >= 0.6 is 27.7 Å². The summed E-state index contributed by atoms with van der Waals surface area (Å²) in [6.45, 7) is -0.0789. The molecule has 0 radical (unpaired) electrons. The van der Waals surface area contributed by atoms with E-state index in [0.717, 1.165) is 21.8 Å². The van der Waals surface area contributed by atoms with Gasteiger partial charge in [0.2, 0.25) is 0 Å². The van der Waals surface area contributed by atoms with Crippen LogP contribution in [-0.2, 0) is 4.79 Å². The summed E-state index contributed by atoms with van der Waals surface area (Å²) in [4.78, 5) is 14.6. The van der Waals surface area contributed by atoms with Crippen LogP contribution in [-0.4, -0.2) is 24.8 Å². The van der Waals surface area contributed by atoms with Gasteiger partial charge in [-0.3, -0.25) is 15.1 Å². The lowest BCUT2D eigenvalue weighted by Gasteiger charge is -2.14. The number of amides is 1. The topological polar surface area (TPSA) is 86.4 Å². The van der Waals surface area contributed by atoms with Crippen molar-refractivity contribution in [2.45, 2.75) is 0 Å². The van der Waals surface area contributed by atoms with Crippen LogP contribution in [0.2, 0.25) is 0 Å². The Bertz CT molecular complexity index is 967. The number of halogens is 1. The lowest BCUT2D eigenvalue weighted by atomic mass is 10.2. The predicted molar refractivity (Wildman–Crippen MR) is 109 cm³/mol. The molecule has 6 nitrogen and oxygen atoms in total. The highest BCUT2D eigenvalue weighted by atomic mass is 79.9. The van der Waals surface area contributed by atoms with E-state index in [9.17, 15) is 4.79 Å². The summed E-state index contributed by atoms with van der Waals surface area (Å²) < 4.78 is 11.5. The number of anilines is 1. The molecule has 1 aliphatic rings. The Kier molecular flexibility index (Phi) is 5.84. The molecule has 0 atom stereocenters. The second kappa shape index (κ2) is 8.29. The number of thioether (sulfide) groups is 1. The van der Waals surface area contributed by atoms with Crippen molar-refractivity contribution in [2.75, 3.05) is 18.6 Å². The molecule has 8 heteroatoms. The fraction of sp³-hybridized carbons (Fsp3) is 0.105. The maximum atomic E-state index is 12.8.